The van der Waals surface area contributed by atoms with Gasteiger partial charge in [-0.3, -0.25) is 9.78 Å². The van der Waals surface area contributed by atoms with Crippen LogP contribution in [0.4, 0.5) is 0 Å². The molecule has 2 heterocycles. The van der Waals surface area contributed by atoms with Crippen LogP contribution < -0.4 is 5.32 Å². The maximum absolute atomic E-state index is 11.8. The van der Waals surface area contributed by atoms with Crippen molar-refractivity contribution in [3.05, 3.63) is 66.3 Å². The van der Waals surface area contributed by atoms with E-state index in [4.69, 9.17) is 4.52 Å². The van der Waals surface area contributed by atoms with Gasteiger partial charge in [-0.1, -0.05) is 35.5 Å². The molecule has 0 saturated heterocycles. The van der Waals surface area contributed by atoms with Gasteiger partial charge in [0.2, 0.25) is 17.6 Å². The first-order valence-electron chi connectivity index (χ1n) is 7.35. The van der Waals surface area contributed by atoms with Crippen LogP contribution in [-0.2, 0) is 17.8 Å². The number of hydrogen-bond acceptors (Lipinski definition) is 5. The van der Waals surface area contributed by atoms with Crippen molar-refractivity contribution in [1.82, 2.24) is 20.4 Å². The van der Waals surface area contributed by atoms with Crippen LogP contribution in [0.2, 0.25) is 0 Å². The highest BCUT2D eigenvalue weighted by atomic mass is 16.5. The van der Waals surface area contributed by atoms with E-state index in [0.717, 1.165) is 11.1 Å². The average Bonchev–Trinajstić information content (AvgIpc) is 3.09. The van der Waals surface area contributed by atoms with E-state index < -0.39 is 0 Å². The van der Waals surface area contributed by atoms with E-state index in [-0.39, 0.29) is 5.91 Å². The van der Waals surface area contributed by atoms with E-state index in [1.165, 1.54) is 0 Å². The summed E-state index contributed by atoms with van der Waals surface area (Å²) in [6, 6.07) is 13.3. The zero-order valence-electron chi connectivity index (χ0n) is 12.5. The highest BCUT2D eigenvalue weighted by Crippen LogP contribution is 2.15. The molecule has 1 amide bonds. The van der Waals surface area contributed by atoms with Gasteiger partial charge in [0.15, 0.2) is 0 Å². The minimum absolute atomic E-state index is 0.0544. The quantitative estimate of drug-likeness (QED) is 0.756. The van der Waals surface area contributed by atoms with Crippen molar-refractivity contribution in [3.8, 4) is 11.4 Å². The number of nitrogens with zero attached hydrogens (tertiary/aromatic N) is 3. The molecule has 1 N–H and O–H groups in total. The molecule has 0 fully saturated rings. The lowest BCUT2D eigenvalue weighted by atomic mass is 10.2. The minimum Gasteiger partial charge on any atom is -0.352 e. The summed E-state index contributed by atoms with van der Waals surface area (Å²) >= 11 is 0. The molecule has 0 saturated carbocycles. The fraction of sp³-hybridized carbons (Fsp3) is 0.176. The molecule has 0 unspecified atom stereocenters. The number of nitrogens with one attached hydrogen (secondary N) is 1. The minimum atomic E-state index is -0.0544. The van der Waals surface area contributed by atoms with Crippen molar-refractivity contribution < 1.29 is 9.32 Å². The number of carbonyl (C=O) groups is 1. The Morgan fingerprint density at radius 3 is 2.65 bits per heavy atom. The van der Waals surface area contributed by atoms with Crippen molar-refractivity contribution >= 4 is 5.91 Å². The van der Waals surface area contributed by atoms with Crippen LogP contribution in [0.25, 0.3) is 11.4 Å². The fourth-order valence-corrected chi connectivity index (χ4v) is 2.07. The maximum Gasteiger partial charge on any atom is 0.227 e. The van der Waals surface area contributed by atoms with E-state index >= 15 is 0 Å². The van der Waals surface area contributed by atoms with Crippen LogP contribution in [0.3, 0.4) is 0 Å². The van der Waals surface area contributed by atoms with E-state index in [2.05, 4.69) is 20.4 Å². The summed E-state index contributed by atoms with van der Waals surface area (Å²) < 4.78 is 5.18. The molecule has 116 valence electrons. The molecule has 6 heteroatoms. The maximum atomic E-state index is 11.8. The Bertz CT molecular complexity index is 757. The highest BCUT2D eigenvalue weighted by Gasteiger charge is 2.10. The van der Waals surface area contributed by atoms with E-state index in [9.17, 15) is 4.79 Å². The van der Waals surface area contributed by atoms with Crippen LogP contribution in [0.15, 0.2) is 59.4 Å². The van der Waals surface area contributed by atoms with Gasteiger partial charge < -0.3 is 9.84 Å². The Kier molecular flexibility index (Phi) is 4.73. The van der Waals surface area contributed by atoms with E-state index in [1.54, 1.807) is 12.4 Å². The molecule has 0 aliphatic rings. The third-order valence-electron chi connectivity index (χ3n) is 3.31. The molecule has 0 bridgehead atoms. The second-order valence-electron chi connectivity index (χ2n) is 5.01. The Morgan fingerprint density at radius 2 is 1.87 bits per heavy atom. The highest BCUT2D eigenvalue weighted by molar-refractivity contribution is 5.76. The smallest absolute Gasteiger partial charge is 0.227 e. The summed E-state index contributed by atoms with van der Waals surface area (Å²) in [7, 11) is 0. The molecule has 2 aromatic heterocycles. The van der Waals surface area contributed by atoms with Gasteiger partial charge in [0.05, 0.1) is 0 Å². The monoisotopic (exact) mass is 308 g/mol. The molecule has 3 rings (SSSR count). The van der Waals surface area contributed by atoms with Gasteiger partial charge in [-0.05, 0) is 17.7 Å². The van der Waals surface area contributed by atoms with Gasteiger partial charge in [0.25, 0.3) is 0 Å². The lowest BCUT2D eigenvalue weighted by Gasteiger charge is -2.03. The first kappa shape index (κ1) is 14.9. The number of amides is 1. The van der Waals surface area contributed by atoms with Gasteiger partial charge in [0.1, 0.15) is 0 Å². The largest absolute Gasteiger partial charge is 0.352 e. The topological polar surface area (TPSA) is 80.9 Å². The molecule has 0 aliphatic carbocycles. The number of aryl methyl sites for hydroxylation is 1. The van der Waals surface area contributed by atoms with Crippen LogP contribution in [0.1, 0.15) is 17.9 Å². The molecule has 3 aromatic rings. The van der Waals surface area contributed by atoms with Crippen molar-refractivity contribution in [2.45, 2.75) is 19.4 Å². The zero-order valence-corrected chi connectivity index (χ0v) is 12.5. The standard InChI is InChI=1S/C17H16N4O2/c22-15(19-12-13-8-10-18-11-9-13)6-7-16-20-17(21-23-16)14-4-2-1-3-5-14/h1-5,8-11H,6-7,12H2,(H,19,22). The molecule has 6 nitrogen and oxygen atoms in total. The Hall–Kier alpha value is -3.02. The summed E-state index contributed by atoms with van der Waals surface area (Å²) in [6.07, 6.45) is 4.12. The summed E-state index contributed by atoms with van der Waals surface area (Å²) in [4.78, 5) is 20.1. The predicted octanol–water partition coefficient (Wildman–Crippen LogP) is 2.38. The fourth-order valence-electron chi connectivity index (χ4n) is 2.07. The van der Waals surface area contributed by atoms with Crippen molar-refractivity contribution in [2.75, 3.05) is 0 Å². The lowest BCUT2D eigenvalue weighted by Crippen LogP contribution is -2.23. The van der Waals surface area contributed by atoms with Gasteiger partial charge >= 0.3 is 0 Å². The number of pyridine rings is 1. The lowest BCUT2D eigenvalue weighted by molar-refractivity contribution is -0.121. The Morgan fingerprint density at radius 1 is 1.09 bits per heavy atom. The Labute approximate surface area is 133 Å². The van der Waals surface area contributed by atoms with Gasteiger partial charge in [-0.2, -0.15) is 4.98 Å². The van der Waals surface area contributed by atoms with Gasteiger partial charge in [-0.15, -0.1) is 0 Å². The summed E-state index contributed by atoms with van der Waals surface area (Å²) in [5.41, 5.74) is 1.90. The van der Waals surface area contributed by atoms with Crippen molar-refractivity contribution in [1.29, 1.82) is 0 Å². The molecule has 0 spiro atoms. The number of rotatable bonds is 6. The zero-order chi connectivity index (χ0) is 15.9. The third-order valence-corrected chi connectivity index (χ3v) is 3.31. The predicted molar refractivity (Wildman–Crippen MR) is 84.1 cm³/mol. The van der Waals surface area contributed by atoms with Crippen LogP contribution >= 0.6 is 0 Å². The SMILES string of the molecule is O=C(CCc1nc(-c2ccccc2)no1)NCc1ccncc1. The van der Waals surface area contributed by atoms with Crippen molar-refractivity contribution in [3.63, 3.8) is 0 Å². The number of aromatic nitrogens is 3. The molecule has 0 atom stereocenters. The second kappa shape index (κ2) is 7.31. The molecule has 1 aromatic carbocycles. The van der Waals surface area contributed by atoms with Crippen LogP contribution in [0.5, 0.6) is 0 Å². The normalized spacial score (nSPS) is 10.4. The number of benzene rings is 1. The molecular weight excluding hydrogens is 292 g/mol. The van der Waals surface area contributed by atoms with Crippen LogP contribution in [0, 0.1) is 0 Å². The second-order valence-corrected chi connectivity index (χ2v) is 5.01. The molecule has 0 radical (unpaired) electrons. The Balaban J connectivity index is 1.49. The summed E-state index contributed by atoms with van der Waals surface area (Å²) in [5.74, 6) is 0.946. The molecular formula is C17H16N4O2. The molecule has 0 aliphatic heterocycles. The van der Waals surface area contributed by atoms with Crippen LogP contribution in [-0.4, -0.2) is 21.0 Å². The van der Waals surface area contributed by atoms with Crippen molar-refractivity contribution in [2.24, 2.45) is 0 Å². The first-order valence-corrected chi connectivity index (χ1v) is 7.35. The van der Waals surface area contributed by atoms with E-state index in [0.29, 0.717) is 31.1 Å². The average molecular weight is 308 g/mol. The third kappa shape index (κ3) is 4.23. The van der Waals surface area contributed by atoms with E-state index in [1.807, 2.05) is 42.5 Å². The number of hydrogen-bond donors (Lipinski definition) is 1. The number of carbonyl (C=O) groups excluding carboxylic acids is 1. The molecule has 23 heavy (non-hydrogen) atoms. The first-order chi connectivity index (χ1) is 11.3. The summed E-state index contributed by atoms with van der Waals surface area (Å²) in [5, 5.41) is 6.78. The summed E-state index contributed by atoms with van der Waals surface area (Å²) in [6.45, 7) is 0.487. The van der Waals surface area contributed by atoms with Gasteiger partial charge in [-0.25, -0.2) is 0 Å². The van der Waals surface area contributed by atoms with Gasteiger partial charge in [0, 0.05) is 37.3 Å².